The van der Waals surface area contributed by atoms with Gasteiger partial charge in [0, 0.05) is 12.4 Å². The quantitative estimate of drug-likeness (QED) is 0.185. The number of carboxylic acids is 1. The second-order valence-corrected chi connectivity index (χ2v) is 6.90. The first kappa shape index (κ1) is 27.5. The first-order valence-electron chi connectivity index (χ1n) is 9.50. The van der Waals surface area contributed by atoms with Crippen LogP contribution in [0.2, 0.25) is 0 Å². The van der Waals surface area contributed by atoms with Gasteiger partial charge in [-0.25, -0.2) is 0 Å². The summed E-state index contributed by atoms with van der Waals surface area (Å²) in [5.74, 6) is -2.19. The Kier molecular flexibility index (Phi) is 21.0. The Balaban J connectivity index is 0. The Morgan fingerprint density at radius 3 is 2.08 bits per heavy atom. The third-order valence-electron chi connectivity index (χ3n) is 3.84. The van der Waals surface area contributed by atoms with Crippen molar-refractivity contribution < 1.29 is 70.8 Å². The summed E-state index contributed by atoms with van der Waals surface area (Å²) in [5.41, 5.74) is 0. The molecular formula is C20H35KO4. The number of carbonyl (C=O) groups is 2. The van der Waals surface area contributed by atoms with E-state index in [1.165, 1.54) is 44.9 Å². The van der Waals surface area contributed by atoms with Crippen molar-refractivity contribution in [2.24, 2.45) is 11.8 Å². The Morgan fingerprint density at radius 1 is 1.00 bits per heavy atom. The normalized spacial score (nSPS) is 12.2. The zero-order valence-electron chi connectivity index (χ0n) is 16.7. The maximum atomic E-state index is 11.9. The van der Waals surface area contributed by atoms with Crippen molar-refractivity contribution in [3.63, 3.8) is 0 Å². The Morgan fingerprint density at radius 2 is 1.56 bits per heavy atom. The fourth-order valence-corrected chi connectivity index (χ4v) is 2.42. The Labute approximate surface area is 196 Å². The van der Waals surface area contributed by atoms with Crippen LogP contribution in [-0.4, -0.2) is 18.5 Å². The van der Waals surface area contributed by atoms with Crippen LogP contribution < -0.4 is 56.5 Å². The molecule has 0 heterocycles. The summed E-state index contributed by atoms with van der Waals surface area (Å²) in [5, 5.41) is 10.8. The first-order valence-corrected chi connectivity index (χ1v) is 9.50. The summed E-state index contributed by atoms with van der Waals surface area (Å²) in [6, 6.07) is 0. The minimum Gasteiger partial charge on any atom is -0.550 e. The van der Waals surface area contributed by atoms with Crippen LogP contribution in [0.5, 0.6) is 0 Å². The van der Waals surface area contributed by atoms with Crippen LogP contribution in [0.15, 0.2) is 12.2 Å². The number of rotatable bonds is 15. The van der Waals surface area contributed by atoms with Gasteiger partial charge in [-0.15, -0.1) is 0 Å². The maximum Gasteiger partial charge on any atom is 1.00 e. The van der Waals surface area contributed by atoms with Crippen molar-refractivity contribution in [3.8, 4) is 0 Å². The third kappa shape index (κ3) is 18.9. The number of unbranched alkanes of at least 4 members (excludes halogenated alkanes) is 8. The van der Waals surface area contributed by atoms with Gasteiger partial charge in [0.25, 0.3) is 0 Å². The van der Waals surface area contributed by atoms with Crippen LogP contribution in [0.3, 0.4) is 0 Å². The van der Waals surface area contributed by atoms with Gasteiger partial charge >= 0.3 is 57.4 Å². The maximum absolute atomic E-state index is 11.9. The molecule has 0 aromatic rings. The first-order chi connectivity index (χ1) is 11.5. The van der Waals surface area contributed by atoms with Crippen LogP contribution in [0.1, 0.15) is 85.0 Å². The summed E-state index contributed by atoms with van der Waals surface area (Å²) in [7, 11) is 0. The van der Waals surface area contributed by atoms with E-state index in [0.717, 1.165) is 12.8 Å². The number of hydrogen-bond donors (Lipinski definition) is 0. The van der Waals surface area contributed by atoms with Gasteiger partial charge in [0.2, 0.25) is 0 Å². The minimum absolute atomic E-state index is 0. The van der Waals surface area contributed by atoms with E-state index in [1.807, 2.05) is 19.9 Å². The van der Waals surface area contributed by atoms with Crippen molar-refractivity contribution in [3.05, 3.63) is 12.2 Å². The van der Waals surface area contributed by atoms with Gasteiger partial charge in [-0.2, -0.15) is 0 Å². The van der Waals surface area contributed by atoms with Gasteiger partial charge < -0.3 is 14.6 Å². The zero-order valence-corrected chi connectivity index (χ0v) is 19.8. The number of carbonyl (C=O) groups excluding carboxylic acids is 2. The van der Waals surface area contributed by atoms with Crippen LogP contribution in [0.4, 0.5) is 0 Å². The predicted molar refractivity (Wildman–Crippen MR) is 95.3 cm³/mol. The second-order valence-electron chi connectivity index (χ2n) is 6.90. The van der Waals surface area contributed by atoms with Gasteiger partial charge in [0.1, 0.15) is 0 Å². The largest absolute Gasteiger partial charge is 1.00 e. The zero-order chi connectivity index (χ0) is 18.2. The summed E-state index contributed by atoms with van der Waals surface area (Å²) >= 11 is 0. The molecule has 0 aliphatic heterocycles. The molecular weight excluding hydrogens is 343 g/mol. The van der Waals surface area contributed by atoms with Gasteiger partial charge in [-0.3, -0.25) is 4.79 Å². The number of hydrogen-bond acceptors (Lipinski definition) is 4. The van der Waals surface area contributed by atoms with E-state index < -0.39 is 17.9 Å². The molecule has 0 saturated heterocycles. The fourth-order valence-electron chi connectivity index (χ4n) is 2.42. The van der Waals surface area contributed by atoms with Crippen LogP contribution in [0, 0.1) is 11.8 Å². The molecule has 0 rings (SSSR count). The van der Waals surface area contributed by atoms with E-state index in [4.69, 9.17) is 4.74 Å². The number of esters is 1. The standard InChI is InChI=1S/C20H36O4.K/c1-4-5-6-7-8-9-10-11-12-13-14-18(15-19(21)22)20(23)24-16-17(2)3;/h13-14,17-18H,4-12,15-16H2,1-3H3,(H,21,22);/q;+1/p-1. The summed E-state index contributed by atoms with van der Waals surface area (Å²) in [6.07, 6.45) is 14.2. The number of allylic oxidation sites excluding steroid dienone is 1. The smallest absolute Gasteiger partial charge is 0.550 e. The van der Waals surface area contributed by atoms with Gasteiger partial charge in [0.15, 0.2) is 0 Å². The Bertz CT molecular complexity index is 367. The van der Waals surface area contributed by atoms with Crippen LogP contribution in [0.25, 0.3) is 0 Å². The molecule has 0 aliphatic rings. The SMILES string of the molecule is CCCCCCCCCCC=CC(CC(=O)[O-])C(=O)OCC(C)C.[K+]. The van der Waals surface area contributed by atoms with Crippen molar-refractivity contribution in [1.29, 1.82) is 0 Å². The molecule has 25 heavy (non-hydrogen) atoms. The molecule has 0 saturated carbocycles. The second kappa shape index (κ2) is 19.1. The van der Waals surface area contributed by atoms with Crippen LogP contribution in [-0.2, 0) is 14.3 Å². The van der Waals surface area contributed by atoms with Gasteiger partial charge in [-0.1, -0.05) is 77.9 Å². The van der Waals surface area contributed by atoms with E-state index in [0.29, 0.717) is 6.61 Å². The van der Waals surface area contributed by atoms with Crippen LogP contribution >= 0.6 is 0 Å². The molecule has 0 spiro atoms. The van der Waals surface area contributed by atoms with E-state index in [9.17, 15) is 14.7 Å². The molecule has 0 aromatic carbocycles. The monoisotopic (exact) mass is 378 g/mol. The summed E-state index contributed by atoms with van der Waals surface area (Å²) < 4.78 is 5.13. The van der Waals surface area contributed by atoms with E-state index >= 15 is 0 Å². The third-order valence-corrected chi connectivity index (χ3v) is 3.84. The molecule has 1 atom stereocenters. The Hall–Kier alpha value is 0.316. The van der Waals surface area contributed by atoms with E-state index in [1.54, 1.807) is 6.08 Å². The average Bonchev–Trinajstić information content (AvgIpc) is 2.52. The molecule has 0 amide bonds. The van der Waals surface area contributed by atoms with Gasteiger partial charge in [0.05, 0.1) is 12.5 Å². The van der Waals surface area contributed by atoms with Crippen molar-refractivity contribution in [2.75, 3.05) is 6.61 Å². The molecule has 0 aliphatic carbocycles. The fraction of sp³-hybridized carbons (Fsp3) is 0.800. The molecule has 0 N–H and O–H groups in total. The van der Waals surface area contributed by atoms with Crippen molar-refractivity contribution >= 4 is 11.9 Å². The molecule has 1 unspecified atom stereocenters. The molecule has 4 nitrogen and oxygen atoms in total. The van der Waals surface area contributed by atoms with Gasteiger partial charge in [-0.05, 0) is 18.8 Å². The number of ether oxygens (including phenoxy) is 1. The van der Waals surface area contributed by atoms with Crippen molar-refractivity contribution in [2.45, 2.75) is 85.0 Å². The van der Waals surface area contributed by atoms with E-state index in [-0.39, 0.29) is 63.7 Å². The molecule has 0 bridgehead atoms. The average molecular weight is 379 g/mol. The minimum atomic E-state index is -1.22. The summed E-state index contributed by atoms with van der Waals surface area (Å²) in [4.78, 5) is 22.7. The molecule has 0 aromatic heterocycles. The molecule has 5 heteroatoms. The molecule has 0 fully saturated rings. The number of carboxylic acid groups (broad SMARTS) is 1. The van der Waals surface area contributed by atoms with E-state index in [2.05, 4.69) is 6.92 Å². The number of aliphatic carboxylic acids is 1. The molecule has 0 radical (unpaired) electrons. The predicted octanol–water partition coefficient (Wildman–Crippen LogP) is 1.03. The molecule has 140 valence electrons. The van der Waals surface area contributed by atoms with Crippen molar-refractivity contribution in [1.82, 2.24) is 0 Å². The topological polar surface area (TPSA) is 66.4 Å². The summed E-state index contributed by atoms with van der Waals surface area (Å²) in [6.45, 7) is 6.42.